The number of nitrogen functional groups attached to an aromatic ring is 2. The van der Waals surface area contributed by atoms with Crippen LogP contribution in [0.3, 0.4) is 0 Å². The molecule has 7 heteroatoms. The molecule has 0 saturated heterocycles. The van der Waals surface area contributed by atoms with Crippen LogP contribution in [0.4, 0.5) is 11.4 Å². The number of carbonyl (C=O) groups excluding carboxylic acids is 1. The third-order valence-electron chi connectivity index (χ3n) is 3.32. The highest BCUT2D eigenvalue weighted by Crippen LogP contribution is 2.34. The second-order valence-electron chi connectivity index (χ2n) is 4.84. The van der Waals surface area contributed by atoms with Crippen LogP contribution in [-0.2, 0) is 4.79 Å². The number of benzene rings is 2. The lowest BCUT2D eigenvalue weighted by Gasteiger charge is -2.13. The molecule has 2 rings (SSSR count). The van der Waals surface area contributed by atoms with Crippen molar-refractivity contribution in [2.75, 3.05) is 11.5 Å². The predicted octanol–water partition coefficient (Wildman–Crippen LogP) is 5.59. The van der Waals surface area contributed by atoms with Gasteiger partial charge in [-0.25, -0.2) is 0 Å². The van der Waals surface area contributed by atoms with E-state index in [9.17, 15) is 4.79 Å². The summed E-state index contributed by atoms with van der Waals surface area (Å²) in [6.45, 7) is 0. The molecule has 24 heavy (non-hydrogen) atoms. The Balaban J connectivity index is 2.55. The van der Waals surface area contributed by atoms with Crippen molar-refractivity contribution in [1.29, 1.82) is 0 Å². The molecule has 124 valence electrons. The zero-order valence-corrected chi connectivity index (χ0v) is 15.2. The fourth-order valence-corrected chi connectivity index (χ4v) is 2.91. The minimum atomic E-state index is -0.456. The highest BCUT2D eigenvalue weighted by molar-refractivity contribution is 6.50. The number of hydrogen-bond donors (Lipinski definition) is 2. The van der Waals surface area contributed by atoms with E-state index in [0.717, 1.165) is 11.1 Å². The van der Waals surface area contributed by atoms with E-state index in [1.807, 2.05) is 0 Å². The molecule has 2 aromatic rings. The molecule has 0 atom stereocenters. The van der Waals surface area contributed by atoms with Gasteiger partial charge in [-0.2, -0.15) is 0 Å². The summed E-state index contributed by atoms with van der Waals surface area (Å²) in [6.07, 6.45) is 0. The Morgan fingerprint density at radius 1 is 0.792 bits per heavy atom. The number of Topliss-reactive ketones (excluding diaryl/α,β-unsaturated/α-hetero) is 1. The van der Waals surface area contributed by atoms with Gasteiger partial charge in [-0.15, -0.1) is 0 Å². The summed E-state index contributed by atoms with van der Waals surface area (Å²) in [6, 6.07) is 9.51. The van der Waals surface area contributed by atoms with Gasteiger partial charge in [-0.3, -0.25) is 4.79 Å². The van der Waals surface area contributed by atoms with Crippen molar-refractivity contribution in [3.63, 3.8) is 0 Å². The van der Waals surface area contributed by atoms with Crippen LogP contribution in [0.1, 0.15) is 11.1 Å². The molecular weight excluding hydrogens is 390 g/mol. The average Bonchev–Trinajstić information content (AvgIpc) is 2.55. The molecule has 0 amide bonds. The first-order chi connectivity index (χ1) is 11.4. The van der Waals surface area contributed by atoms with E-state index in [4.69, 9.17) is 57.9 Å². The van der Waals surface area contributed by atoms with Crippen molar-refractivity contribution in [2.45, 2.75) is 0 Å². The van der Waals surface area contributed by atoms with Crippen LogP contribution < -0.4 is 11.5 Å². The molecule has 0 unspecified atom stereocenters. The molecular formula is C17H12Cl4N2O. The second-order valence-corrected chi connectivity index (χ2v) is 6.15. The van der Waals surface area contributed by atoms with E-state index in [1.165, 1.54) is 0 Å². The Labute approximate surface area is 159 Å². The first-order valence-electron chi connectivity index (χ1n) is 6.65. The Morgan fingerprint density at radius 3 is 1.50 bits per heavy atom. The zero-order chi connectivity index (χ0) is 17.9. The second kappa shape index (κ2) is 7.95. The van der Waals surface area contributed by atoms with E-state index >= 15 is 0 Å². The summed E-state index contributed by atoms with van der Waals surface area (Å²) >= 11 is 23.7. The van der Waals surface area contributed by atoms with Crippen molar-refractivity contribution < 1.29 is 4.79 Å². The Bertz CT molecular complexity index is 790. The number of carbonyl (C=O) groups is 1. The molecule has 0 aromatic heterocycles. The third-order valence-corrected chi connectivity index (χ3v) is 4.23. The smallest absolute Gasteiger partial charge is 0.196 e. The molecule has 0 aliphatic rings. The zero-order valence-electron chi connectivity index (χ0n) is 12.2. The van der Waals surface area contributed by atoms with Gasteiger partial charge in [0.1, 0.15) is 0 Å². The molecule has 0 fully saturated rings. The lowest BCUT2D eigenvalue weighted by Crippen LogP contribution is -2.08. The Morgan fingerprint density at radius 2 is 1.17 bits per heavy atom. The molecule has 2 aromatic carbocycles. The van der Waals surface area contributed by atoms with Crippen LogP contribution in [0.15, 0.2) is 47.5 Å². The van der Waals surface area contributed by atoms with E-state index in [1.54, 1.807) is 36.4 Å². The molecule has 0 saturated carbocycles. The summed E-state index contributed by atoms with van der Waals surface area (Å²) in [5.41, 5.74) is 15.9. The number of ketones is 1. The molecule has 4 N–H and O–H groups in total. The normalized spacial score (nSPS) is 12.3. The first-order valence-corrected chi connectivity index (χ1v) is 8.28. The fraction of sp³-hybridized carbons (Fsp3) is 0. The molecule has 0 bridgehead atoms. The van der Waals surface area contributed by atoms with E-state index in [2.05, 4.69) is 0 Å². The van der Waals surface area contributed by atoms with Crippen LogP contribution in [-0.4, -0.2) is 5.78 Å². The predicted molar refractivity (Wildman–Crippen MR) is 104 cm³/mol. The maximum atomic E-state index is 12.9. The number of rotatable bonds is 4. The van der Waals surface area contributed by atoms with Gasteiger partial charge >= 0.3 is 0 Å². The van der Waals surface area contributed by atoms with E-state index in [-0.39, 0.29) is 11.1 Å². The topological polar surface area (TPSA) is 69.1 Å². The van der Waals surface area contributed by atoms with Crippen molar-refractivity contribution in [2.24, 2.45) is 0 Å². The summed E-state index contributed by atoms with van der Waals surface area (Å²) in [4.78, 5) is 12.9. The van der Waals surface area contributed by atoms with Gasteiger partial charge in [0.2, 0.25) is 0 Å². The summed E-state index contributed by atoms with van der Waals surface area (Å²) < 4.78 is 0. The lowest BCUT2D eigenvalue weighted by atomic mass is 9.93. The van der Waals surface area contributed by atoms with Crippen molar-refractivity contribution in [3.05, 3.63) is 68.6 Å². The fourth-order valence-electron chi connectivity index (χ4n) is 2.13. The van der Waals surface area contributed by atoms with Gasteiger partial charge in [0, 0.05) is 54.8 Å². The molecule has 0 aliphatic heterocycles. The van der Waals surface area contributed by atoms with Crippen LogP contribution in [0.2, 0.25) is 10.0 Å². The Hall–Kier alpha value is -1.65. The van der Waals surface area contributed by atoms with Gasteiger partial charge in [0.15, 0.2) is 5.78 Å². The Kier molecular flexibility index (Phi) is 6.19. The highest BCUT2D eigenvalue weighted by atomic mass is 35.5. The summed E-state index contributed by atoms with van der Waals surface area (Å²) in [7, 11) is 0. The van der Waals surface area contributed by atoms with Gasteiger partial charge < -0.3 is 11.5 Å². The first kappa shape index (κ1) is 18.7. The standard InChI is InChI=1S/C17H12Cl4N2O/c18-7-13(11-5-9(20)1-3-15(11)22)17(24)14(8-19)12-6-10(21)2-4-16(12)23/h1-8H,22-23H2. The van der Waals surface area contributed by atoms with Crippen molar-refractivity contribution in [3.8, 4) is 0 Å². The number of hydrogen-bond acceptors (Lipinski definition) is 3. The minimum Gasteiger partial charge on any atom is -0.398 e. The van der Waals surface area contributed by atoms with Crippen LogP contribution in [0.5, 0.6) is 0 Å². The summed E-state index contributed by atoms with van der Waals surface area (Å²) in [5, 5.41) is 0.836. The van der Waals surface area contributed by atoms with Crippen molar-refractivity contribution in [1.82, 2.24) is 0 Å². The number of nitrogens with two attached hydrogens (primary N) is 2. The number of allylic oxidation sites excluding steroid dienone is 2. The third kappa shape index (κ3) is 3.87. The quantitative estimate of drug-likeness (QED) is 0.518. The number of anilines is 2. The summed E-state index contributed by atoms with van der Waals surface area (Å²) in [5.74, 6) is -0.456. The van der Waals surface area contributed by atoms with Gasteiger partial charge in [0.05, 0.1) is 0 Å². The molecule has 3 nitrogen and oxygen atoms in total. The van der Waals surface area contributed by atoms with Gasteiger partial charge in [0.25, 0.3) is 0 Å². The SMILES string of the molecule is Nc1ccc(Cl)cc1C(=CCl)C(=O)C(=CCl)c1cc(Cl)ccc1N. The monoisotopic (exact) mass is 400 g/mol. The minimum absolute atomic E-state index is 0.142. The van der Waals surface area contributed by atoms with Crippen LogP contribution >= 0.6 is 46.4 Å². The van der Waals surface area contributed by atoms with Crippen molar-refractivity contribution >= 4 is 74.7 Å². The maximum absolute atomic E-state index is 12.9. The van der Waals surface area contributed by atoms with Crippen LogP contribution in [0, 0.1) is 0 Å². The van der Waals surface area contributed by atoms with Crippen LogP contribution in [0.25, 0.3) is 11.1 Å². The highest BCUT2D eigenvalue weighted by Gasteiger charge is 2.22. The van der Waals surface area contributed by atoms with Gasteiger partial charge in [-0.05, 0) is 36.4 Å². The van der Waals surface area contributed by atoms with E-state index < -0.39 is 5.78 Å². The molecule has 0 aliphatic carbocycles. The maximum Gasteiger partial charge on any atom is 0.196 e. The van der Waals surface area contributed by atoms with Gasteiger partial charge in [-0.1, -0.05) is 46.4 Å². The average molecular weight is 402 g/mol. The molecule has 0 heterocycles. The van der Waals surface area contributed by atoms with E-state index in [0.29, 0.717) is 32.5 Å². The lowest BCUT2D eigenvalue weighted by molar-refractivity contribution is -0.108. The molecule has 0 radical (unpaired) electrons. The molecule has 0 spiro atoms. The number of halogens is 4. The largest absolute Gasteiger partial charge is 0.398 e.